The number of methoxy groups -OCH3 is 2. The van der Waals surface area contributed by atoms with Gasteiger partial charge in [-0.2, -0.15) is 0 Å². The van der Waals surface area contributed by atoms with Crippen LogP contribution >= 0.6 is 0 Å². The molecule has 2 aromatic carbocycles. The van der Waals surface area contributed by atoms with E-state index in [1.165, 1.54) is 12.1 Å². The second kappa shape index (κ2) is 11.0. The van der Waals surface area contributed by atoms with Crippen molar-refractivity contribution < 1.29 is 18.3 Å². The number of aliphatic imine (C=N–C) groups is 1. The van der Waals surface area contributed by atoms with Crippen LogP contribution in [0.1, 0.15) is 31.2 Å². The zero-order valence-electron chi connectivity index (χ0n) is 19.1. The van der Waals surface area contributed by atoms with E-state index in [0.717, 1.165) is 48.7 Å². The van der Waals surface area contributed by atoms with Crippen molar-refractivity contribution in [2.45, 2.75) is 31.7 Å². The van der Waals surface area contributed by atoms with Gasteiger partial charge in [0.1, 0.15) is 11.5 Å². The molecule has 0 saturated carbocycles. The van der Waals surface area contributed by atoms with Crippen LogP contribution in [0.4, 0.5) is 14.5 Å². The first-order valence-corrected chi connectivity index (χ1v) is 10.8. The highest BCUT2D eigenvalue weighted by Crippen LogP contribution is 2.30. The molecule has 0 bridgehead atoms. The van der Waals surface area contributed by atoms with Crippen molar-refractivity contribution in [2.24, 2.45) is 4.99 Å². The van der Waals surface area contributed by atoms with E-state index in [0.29, 0.717) is 18.5 Å². The predicted molar refractivity (Wildman–Crippen MR) is 124 cm³/mol. The molecule has 1 aliphatic rings. The van der Waals surface area contributed by atoms with Crippen LogP contribution in [0, 0.1) is 11.6 Å². The van der Waals surface area contributed by atoms with Gasteiger partial charge in [0, 0.05) is 56.6 Å². The largest absolute Gasteiger partial charge is 0.497 e. The number of guanidine groups is 1. The lowest BCUT2D eigenvalue weighted by molar-refractivity contribution is 0.393. The van der Waals surface area contributed by atoms with Crippen LogP contribution < -0.4 is 25.0 Å². The monoisotopic (exact) mass is 446 g/mol. The SMILES string of the molecule is CN=C(NCC(C)c1ccc(F)c(F)c1)NC1CCN(c2cc(OC)cc(OC)c2)CC1. The number of benzene rings is 2. The third-order valence-electron chi connectivity index (χ3n) is 5.85. The van der Waals surface area contributed by atoms with Crippen LogP contribution in [0.15, 0.2) is 41.4 Å². The molecule has 174 valence electrons. The fraction of sp³-hybridized carbons (Fsp3) is 0.458. The van der Waals surface area contributed by atoms with Crippen LogP contribution in [0.2, 0.25) is 0 Å². The number of hydrogen-bond acceptors (Lipinski definition) is 4. The smallest absolute Gasteiger partial charge is 0.191 e. The standard InChI is InChI=1S/C24H32F2N4O2/c1-16(17-5-6-22(25)23(26)11-17)15-28-24(27-2)29-18-7-9-30(10-8-18)19-12-20(31-3)14-21(13-19)32-4/h5-6,11-14,16,18H,7-10,15H2,1-4H3,(H2,27,28,29). The van der Waals surface area contributed by atoms with Crippen LogP contribution in [0.5, 0.6) is 11.5 Å². The van der Waals surface area contributed by atoms with Crippen molar-refractivity contribution in [1.82, 2.24) is 10.6 Å². The molecule has 0 aliphatic carbocycles. The summed E-state index contributed by atoms with van der Waals surface area (Å²) < 4.78 is 37.4. The van der Waals surface area contributed by atoms with E-state index in [4.69, 9.17) is 9.47 Å². The Hall–Kier alpha value is -3.03. The average molecular weight is 447 g/mol. The van der Waals surface area contributed by atoms with Gasteiger partial charge in [-0.3, -0.25) is 4.99 Å². The maximum Gasteiger partial charge on any atom is 0.191 e. The number of rotatable bonds is 7. The summed E-state index contributed by atoms with van der Waals surface area (Å²) >= 11 is 0. The van der Waals surface area contributed by atoms with Gasteiger partial charge < -0.3 is 25.0 Å². The van der Waals surface area contributed by atoms with E-state index < -0.39 is 11.6 Å². The van der Waals surface area contributed by atoms with E-state index in [-0.39, 0.29) is 5.92 Å². The number of halogens is 2. The topological polar surface area (TPSA) is 58.1 Å². The van der Waals surface area contributed by atoms with Gasteiger partial charge in [0.2, 0.25) is 0 Å². The molecule has 1 saturated heterocycles. The maximum atomic E-state index is 13.5. The maximum absolute atomic E-state index is 13.5. The van der Waals surface area contributed by atoms with Crippen LogP contribution in [-0.4, -0.2) is 52.9 Å². The molecule has 1 heterocycles. The van der Waals surface area contributed by atoms with Crippen LogP contribution in [0.3, 0.4) is 0 Å². The van der Waals surface area contributed by atoms with Crippen molar-refractivity contribution in [2.75, 3.05) is 45.8 Å². The van der Waals surface area contributed by atoms with Gasteiger partial charge >= 0.3 is 0 Å². The Morgan fingerprint density at radius 3 is 2.28 bits per heavy atom. The first kappa shape index (κ1) is 23.6. The fourth-order valence-corrected chi connectivity index (χ4v) is 3.83. The van der Waals surface area contributed by atoms with Gasteiger partial charge in [-0.15, -0.1) is 0 Å². The minimum Gasteiger partial charge on any atom is -0.497 e. The Labute approximate surface area is 188 Å². The summed E-state index contributed by atoms with van der Waals surface area (Å²) in [6, 6.07) is 10.2. The number of nitrogens with one attached hydrogen (secondary N) is 2. The van der Waals surface area contributed by atoms with Crippen molar-refractivity contribution in [3.05, 3.63) is 53.6 Å². The predicted octanol–water partition coefficient (Wildman–Crippen LogP) is 3.92. The molecule has 3 rings (SSSR count). The Morgan fingerprint density at radius 1 is 1.06 bits per heavy atom. The normalized spacial score (nSPS) is 15.9. The summed E-state index contributed by atoms with van der Waals surface area (Å²) in [6.07, 6.45) is 1.91. The average Bonchev–Trinajstić information content (AvgIpc) is 2.83. The lowest BCUT2D eigenvalue weighted by atomic mass is 10.0. The Kier molecular flexibility index (Phi) is 8.14. The third-order valence-corrected chi connectivity index (χ3v) is 5.85. The summed E-state index contributed by atoms with van der Waals surface area (Å²) in [6.45, 7) is 4.33. The van der Waals surface area contributed by atoms with Crippen molar-refractivity contribution in [1.29, 1.82) is 0 Å². The molecule has 1 unspecified atom stereocenters. The molecule has 2 N–H and O–H groups in total. The lowest BCUT2D eigenvalue weighted by Gasteiger charge is -2.35. The van der Waals surface area contributed by atoms with Crippen molar-refractivity contribution in [3.8, 4) is 11.5 Å². The second-order valence-corrected chi connectivity index (χ2v) is 8.00. The molecule has 6 nitrogen and oxygen atoms in total. The van der Waals surface area contributed by atoms with Gasteiger partial charge in [0.05, 0.1) is 14.2 Å². The number of nitrogens with zero attached hydrogens (tertiary/aromatic N) is 2. The number of piperidine rings is 1. The molecule has 1 atom stereocenters. The Balaban J connectivity index is 1.50. The van der Waals surface area contributed by atoms with Gasteiger partial charge in [0.25, 0.3) is 0 Å². The van der Waals surface area contributed by atoms with Crippen molar-refractivity contribution >= 4 is 11.6 Å². The highest BCUT2D eigenvalue weighted by molar-refractivity contribution is 5.80. The summed E-state index contributed by atoms with van der Waals surface area (Å²) in [5.41, 5.74) is 1.83. The van der Waals surface area contributed by atoms with E-state index in [9.17, 15) is 8.78 Å². The quantitative estimate of drug-likeness (QED) is 0.499. The van der Waals surface area contributed by atoms with E-state index in [1.807, 2.05) is 25.1 Å². The highest BCUT2D eigenvalue weighted by Gasteiger charge is 2.21. The van der Waals surface area contributed by atoms with Gasteiger partial charge in [0.15, 0.2) is 17.6 Å². The van der Waals surface area contributed by atoms with E-state index >= 15 is 0 Å². The van der Waals surface area contributed by atoms with Gasteiger partial charge in [-0.25, -0.2) is 8.78 Å². The molecule has 0 aromatic heterocycles. The Morgan fingerprint density at radius 2 is 1.72 bits per heavy atom. The lowest BCUT2D eigenvalue weighted by Crippen LogP contribution is -2.49. The highest BCUT2D eigenvalue weighted by atomic mass is 19.2. The minimum atomic E-state index is -0.829. The molecule has 1 fully saturated rings. The third kappa shape index (κ3) is 6.02. The minimum absolute atomic E-state index is 0.00791. The molecule has 0 radical (unpaired) electrons. The van der Waals surface area contributed by atoms with E-state index in [2.05, 4.69) is 20.5 Å². The number of ether oxygens (including phenoxy) is 2. The molecule has 8 heteroatoms. The summed E-state index contributed by atoms with van der Waals surface area (Å²) in [5.74, 6) is 0.621. The summed E-state index contributed by atoms with van der Waals surface area (Å²) in [7, 11) is 5.04. The zero-order chi connectivity index (χ0) is 23.1. The second-order valence-electron chi connectivity index (χ2n) is 8.00. The molecule has 2 aromatic rings. The Bertz CT molecular complexity index is 908. The summed E-state index contributed by atoms with van der Waals surface area (Å²) in [4.78, 5) is 6.64. The zero-order valence-corrected chi connectivity index (χ0v) is 19.1. The molecule has 1 aliphatic heterocycles. The molecule has 32 heavy (non-hydrogen) atoms. The molecule has 0 amide bonds. The fourth-order valence-electron chi connectivity index (χ4n) is 3.83. The number of anilines is 1. The molecular weight excluding hydrogens is 414 g/mol. The molecule has 0 spiro atoms. The van der Waals surface area contributed by atoms with Crippen LogP contribution in [-0.2, 0) is 0 Å². The van der Waals surface area contributed by atoms with Crippen LogP contribution in [0.25, 0.3) is 0 Å². The first-order valence-electron chi connectivity index (χ1n) is 10.8. The van der Waals surface area contributed by atoms with Gasteiger partial charge in [-0.1, -0.05) is 13.0 Å². The van der Waals surface area contributed by atoms with Gasteiger partial charge in [-0.05, 0) is 36.5 Å². The van der Waals surface area contributed by atoms with E-state index in [1.54, 1.807) is 27.3 Å². The molecular formula is C24H32F2N4O2. The van der Waals surface area contributed by atoms with Crippen molar-refractivity contribution in [3.63, 3.8) is 0 Å². The first-order chi connectivity index (χ1) is 15.4. The summed E-state index contributed by atoms with van der Waals surface area (Å²) in [5, 5.41) is 6.78. The number of hydrogen-bond donors (Lipinski definition) is 2.